The first-order valence-electron chi connectivity index (χ1n) is 5.47. The summed E-state index contributed by atoms with van der Waals surface area (Å²) in [5, 5.41) is 11.3. The molecular weight excluding hydrogens is 243 g/mol. The van der Waals surface area contributed by atoms with E-state index in [9.17, 15) is 5.11 Å². The second-order valence-electron chi connectivity index (χ2n) is 4.98. The lowest BCUT2D eigenvalue weighted by atomic mass is 9.88. The summed E-state index contributed by atoms with van der Waals surface area (Å²) in [4.78, 5) is 0. The summed E-state index contributed by atoms with van der Waals surface area (Å²) in [6.07, 6.45) is 1.28. The van der Waals surface area contributed by atoms with Crippen molar-refractivity contribution >= 4 is 23.2 Å². The predicted octanol–water partition coefficient (Wildman–Crippen LogP) is 4.33. The average Bonchev–Trinajstić information content (AvgIpc) is 2.10. The van der Waals surface area contributed by atoms with Gasteiger partial charge < -0.3 is 5.11 Å². The summed E-state index contributed by atoms with van der Waals surface area (Å²) in [6, 6.07) is 5.52. The summed E-state index contributed by atoms with van der Waals surface area (Å²) in [6.45, 7) is 6.02. The number of rotatable bonds is 4. The monoisotopic (exact) mass is 260 g/mol. The normalized spacial score (nSPS) is 15.2. The maximum atomic E-state index is 10.3. The summed E-state index contributed by atoms with van der Waals surface area (Å²) in [5.41, 5.74) is 0.169. The van der Waals surface area contributed by atoms with E-state index in [1.165, 1.54) is 0 Å². The van der Waals surface area contributed by atoms with E-state index in [2.05, 4.69) is 13.8 Å². The fourth-order valence-corrected chi connectivity index (χ4v) is 2.43. The van der Waals surface area contributed by atoms with Crippen LogP contribution in [0.3, 0.4) is 0 Å². The van der Waals surface area contributed by atoms with Crippen LogP contribution < -0.4 is 0 Å². The molecule has 0 amide bonds. The molecule has 1 nitrogen and oxygen atoms in total. The molecule has 0 aliphatic rings. The smallest absolute Gasteiger partial charge is 0.0662 e. The van der Waals surface area contributed by atoms with Gasteiger partial charge in [-0.2, -0.15) is 0 Å². The van der Waals surface area contributed by atoms with E-state index in [0.29, 0.717) is 22.4 Å². The van der Waals surface area contributed by atoms with Gasteiger partial charge in [-0.05, 0) is 30.9 Å². The lowest BCUT2D eigenvalue weighted by molar-refractivity contribution is 0.0388. The first-order chi connectivity index (χ1) is 7.32. The highest BCUT2D eigenvalue weighted by Gasteiger charge is 2.23. The molecule has 1 rings (SSSR count). The van der Waals surface area contributed by atoms with Crippen molar-refractivity contribution in [3.8, 4) is 0 Å². The van der Waals surface area contributed by atoms with E-state index in [1.54, 1.807) is 6.07 Å². The van der Waals surface area contributed by atoms with Gasteiger partial charge >= 0.3 is 0 Å². The Morgan fingerprint density at radius 2 is 1.94 bits per heavy atom. The third-order valence-electron chi connectivity index (χ3n) is 2.45. The van der Waals surface area contributed by atoms with Crippen LogP contribution in [-0.2, 0) is 6.42 Å². The van der Waals surface area contributed by atoms with E-state index in [-0.39, 0.29) is 0 Å². The van der Waals surface area contributed by atoms with Crippen molar-refractivity contribution in [1.82, 2.24) is 0 Å². The van der Waals surface area contributed by atoms with Crippen molar-refractivity contribution in [3.63, 3.8) is 0 Å². The number of benzene rings is 1. The van der Waals surface area contributed by atoms with Crippen LogP contribution in [0.4, 0.5) is 0 Å². The minimum Gasteiger partial charge on any atom is -0.390 e. The van der Waals surface area contributed by atoms with E-state index >= 15 is 0 Å². The summed E-state index contributed by atoms with van der Waals surface area (Å²) < 4.78 is 0. The third kappa shape index (κ3) is 3.97. The predicted molar refractivity (Wildman–Crippen MR) is 70.2 cm³/mol. The largest absolute Gasteiger partial charge is 0.390 e. The molecule has 0 bridgehead atoms. The Labute approximate surface area is 107 Å². The zero-order valence-electron chi connectivity index (χ0n) is 9.93. The molecule has 1 N–H and O–H groups in total. The fourth-order valence-electron chi connectivity index (χ4n) is 2.05. The quantitative estimate of drug-likeness (QED) is 0.855. The molecule has 0 heterocycles. The number of halogens is 2. The van der Waals surface area contributed by atoms with Gasteiger partial charge in [0.2, 0.25) is 0 Å². The third-order valence-corrected chi connectivity index (χ3v) is 3.31. The Kier molecular flexibility index (Phi) is 4.66. The highest BCUT2D eigenvalue weighted by Crippen LogP contribution is 2.30. The van der Waals surface area contributed by atoms with Gasteiger partial charge in [-0.15, -0.1) is 0 Å². The zero-order valence-corrected chi connectivity index (χ0v) is 11.4. The van der Waals surface area contributed by atoms with Gasteiger partial charge in [0.25, 0.3) is 0 Å². The summed E-state index contributed by atoms with van der Waals surface area (Å²) in [7, 11) is 0. The molecule has 0 radical (unpaired) electrons. The molecule has 90 valence electrons. The van der Waals surface area contributed by atoms with Gasteiger partial charge in [-0.1, -0.05) is 49.2 Å². The number of aliphatic hydroxyl groups is 1. The van der Waals surface area contributed by atoms with Gasteiger partial charge in [-0.3, -0.25) is 0 Å². The standard InChI is InChI=1S/C13H18Cl2O/c1-9(2)7-13(3,16)8-10-5-4-6-11(14)12(10)15/h4-6,9,16H,7-8H2,1-3H3. The van der Waals surface area contributed by atoms with Crippen LogP contribution in [0.15, 0.2) is 18.2 Å². The Bertz CT molecular complexity index is 359. The van der Waals surface area contributed by atoms with Gasteiger partial charge in [-0.25, -0.2) is 0 Å². The Morgan fingerprint density at radius 3 is 2.50 bits per heavy atom. The highest BCUT2D eigenvalue weighted by atomic mass is 35.5. The number of hydrogen-bond acceptors (Lipinski definition) is 1. The fraction of sp³-hybridized carbons (Fsp3) is 0.538. The van der Waals surface area contributed by atoms with Gasteiger partial charge in [0, 0.05) is 6.42 Å². The molecule has 3 heteroatoms. The van der Waals surface area contributed by atoms with E-state index in [1.807, 2.05) is 19.1 Å². The molecule has 1 aromatic rings. The molecule has 0 fully saturated rings. The van der Waals surface area contributed by atoms with E-state index in [0.717, 1.165) is 12.0 Å². The average molecular weight is 261 g/mol. The van der Waals surface area contributed by atoms with Gasteiger partial charge in [0.15, 0.2) is 0 Å². The maximum absolute atomic E-state index is 10.3. The highest BCUT2D eigenvalue weighted by molar-refractivity contribution is 6.42. The van der Waals surface area contributed by atoms with Crippen molar-refractivity contribution in [3.05, 3.63) is 33.8 Å². The van der Waals surface area contributed by atoms with Crippen molar-refractivity contribution in [2.45, 2.75) is 39.2 Å². The molecular formula is C13H18Cl2O. The second kappa shape index (κ2) is 5.39. The molecule has 1 aromatic carbocycles. The first kappa shape index (κ1) is 13.8. The molecule has 0 saturated carbocycles. The van der Waals surface area contributed by atoms with Crippen molar-refractivity contribution < 1.29 is 5.11 Å². The zero-order chi connectivity index (χ0) is 12.3. The molecule has 0 aliphatic heterocycles. The Balaban J connectivity index is 2.83. The molecule has 1 atom stereocenters. The van der Waals surface area contributed by atoms with Crippen LogP contribution >= 0.6 is 23.2 Å². The lowest BCUT2D eigenvalue weighted by Gasteiger charge is -2.26. The molecule has 0 saturated heterocycles. The number of hydrogen-bond donors (Lipinski definition) is 1. The van der Waals surface area contributed by atoms with Crippen molar-refractivity contribution in [2.75, 3.05) is 0 Å². The maximum Gasteiger partial charge on any atom is 0.0662 e. The molecule has 1 unspecified atom stereocenters. The van der Waals surface area contributed by atoms with Gasteiger partial charge in [0.1, 0.15) is 0 Å². The van der Waals surface area contributed by atoms with Crippen LogP contribution in [-0.4, -0.2) is 10.7 Å². The minimum atomic E-state index is -0.734. The van der Waals surface area contributed by atoms with Crippen molar-refractivity contribution in [2.24, 2.45) is 5.92 Å². The van der Waals surface area contributed by atoms with Crippen LogP contribution in [0, 0.1) is 5.92 Å². The Morgan fingerprint density at radius 1 is 1.31 bits per heavy atom. The van der Waals surface area contributed by atoms with E-state index in [4.69, 9.17) is 23.2 Å². The van der Waals surface area contributed by atoms with Crippen LogP contribution in [0.25, 0.3) is 0 Å². The van der Waals surface area contributed by atoms with Crippen LogP contribution in [0.1, 0.15) is 32.8 Å². The summed E-state index contributed by atoms with van der Waals surface area (Å²) in [5.74, 6) is 0.452. The SMILES string of the molecule is CC(C)CC(C)(O)Cc1cccc(Cl)c1Cl. The summed E-state index contributed by atoms with van der Waals surface area (Å²) >= 11 is 12.0. The minimum absolute atomic E-state index is 0.452. The van der Waals surface area contributed by atoms with Crippen LogP contribution in [0.5, 0.6) is 0 Å². The molecule has 16 heavy (non-hydrogen) atoms. The topological polar surface area (TPSA) is 20.2 Å². The first-order valence-corrected chi connectivity index (χ1v) is 6.23. The Hall–Kier alpha value is -0.240. The van der Waals surface area contributed by atoms with Gasteiger partial charge in [0.05, 0.1) is 15.6 Å². The van der Waals surface area contributed by atoms with Crippen LogP contribution in [0.2, 0.25) is 10.0 Å². The molecule has 0 aromatic heterocycles. The van der Waals surface area contributed by atoms with E-state index < -0.39 is 5.60 Å². The molecule has 0 spiro atoms. The van der Waals surface area contributed by atoms with Crippen molar-refractivity contribution in [1.29, 1.82) is 0 Å². The molecule has 0 aliphatic carbocycles. The lowest BCUT2D eigenvalue weighted by Crippen LogP contribution is -2.29. The second-order valence-corrected chi connectivity index (χ2v) is 5.77.